The van der Waals surface area contributed by atoms with Crippen molar-refractivity contribution in [3.05, 3.63) is 59.4 Å². The van der Waals surface area contributed by atoms with Gasteiger partial charge in [-0.2, -0.15) is 0 Å². The Hall–Kier alpha value is -2.07. The summed E-state index contributed by atoms with van der Waals surface area (Å²) in [5, 5.41) is 3.14. The Morgan fingerprint density at radius 1 is 1.25 bits per heavy atom. The van der Waals surface area contributed by atoms with Crippen molar-refractivity contribution in [1.82, 2.24) is 0 Å². The van der Waals surface area contributed by atoms with E-state index in [1.165, 1.54) is 6.07 Å². The van der Waals surface area contributed by atoms with Gasteiger partial charge in [0.05, 0.1) is 18.8 Å². The lowest BCUT2D eigenvalue weighted by molar-refractivity contribution is 0.411. The van der Waals surface area contributed by atoms with Gasteiger partial charge in [-0.1, -0.05) is 24.3 Å². The number of nitrogens with two attached hydrogens (primary N) is 1. The number of halogens is 1. The van der Waals surface area contributed by atoms with E-state index in [9.17, 15) is 4.39 Å². The molecule has 0 aliphatic heterocycles. The Morgan fingerprint density at radius 3 is 2.60 bits per heavy atom. The van der Waals surface area contributed by atoms with Crippen LogP contribution in [0.25, 0.3) is 0 Å². The minimum absolute atomic E-state index is 0.142. The highest BCUT2D eigenvalue weighted by atomic mass is 19.1. The van der Waals surface area contributed by atoms with Crippen molar-refractivity contribution in [3.8, 4) is 5.75 Å². The normalized spacial score (nSPS) is 12.0. The predicted octanol–water partition coefficient (Wildman–Crippen LogP) is 3.25. The lowest BCUT2D eigenvalue weighted by Gasteiger charge is -2.20. The summed E-state index contributed by atoms with van der Waals surface area (Å²) >= 11 is 0. The van der Waals surface area contributed by atoms with Crippen LogP contribution in [0.4, 0.5) is 10.1 Å². The highest BCUT2D eigenvalue weighted by molar-refractivity contribution is 5.48. The second-order valence-corrected chi connectivity index (χ2v) is 4.64. The first-order chi connectivity index (χ1) is 9.65. The molecule has 0 aliphatic carbocycles. The lowest BCUT2D eigenvalue weighted by Crippen LogP contribution is -2.21. The van der Waals surface area contributed by atoms with E-state index in [-0.39, 0.29) is 11.9 Å². The van der Waals surface area contributed by atoms with Gasteiger partial charge in [-0.25, -0.2) is 4.39 Å². The van der Waals surface area contributed by atoms with Crippen molar-refractivity contribution in [1.29, 1.82) is 0 Å². The number of rotatable bonds is 5. The molecular weight excluding hydrogens is 255 g/mol. The quantitative estimate of drug-likeness (QED) is 0.879. The third kappa shape index (κ3) is 3.08. The van der Waals surface area contributed by atoms with Gasteiger partial charge in [0.2, 0.25) is 0 Å². The molecule has 4 heteroatoms. The largest absolute Gasteiger partial charge is 0.496 e. The monoisotopic (exact) mass is 274 g/mol. The van der Waals surface area contributed by atoms with Crippen LogP contribution in [0.2, 0.25) is 0 Å². The number of benzene rings is 2. The van der Waals surface area contributed by atoms with Crippen LogP contribution >= 0.6 is 0 Å². The first-order valence-corrected chi connectivity index (χ1v) is 6.51. The number of para-hydroxylation sites is 1. The Kier molecular flexibility index (Phi) is 4.58. The summed E-state index contributed by atoms with van der Waals surface area (Å²) < 4.78 is 18.9. The summed E-state index contributed by atoms with van der Waals surface area (Å²) in [6.07, 6.45) is 0. The van der Waals surface area contributed by atoms with E-state index in [0.29, 0.717) is 12.2 Å². The van der Waals surface area contributed by atoms with E-state index in [1.807, 2.05) is 25.1 Å². The zero-order valence-corrected chi connectivity index (χ0v) is 11.7. The fourth-order valence-corrected chi connectivity index (χ4v) is 2.16. The molecule has 0 saturated carbocycles. The first-order valence-electron chi connectivity index (χ1n) is 6.51. The molecule has 0 aromatic heterocycles. The fraction of sp³-hybridized carbons (Fsp3) is 0.250. The minimum atomic E-state index is -0.281. The predicted molar refractivity (Wildman–Crippen MR) is 79.5 cm³/mol. The van der Waals surface area contributed by atoms with E-state index >= 15 is 0 Å². The molecule has 0 saturated heterocycles. The Bertz CT molecular complexity index is 586. The molecule has 0 radical (unpaired) electrons. The van der Waals surface area contributed by atoms with Crippen molar-refractivity contribution in [3.63, 3.8) is 0 Å². The van der Waals surface area contributed by atoms with Crippen LogP contribution in [0.3, 0.4) is 0 Å². The van der Waals surface area contributed by atoms with Crippen LogP contribution in [0.1, 0.15) is 17.2 Å². The van der Waals surface area contributed by atoms with Crippen LogP contribution < -0.4 is 15.8 Å². The molecule has 1 unspecified atom stereocenters. The van der Waals surface area contributed by atoms with E-state index in [2.05, 4.69) is 5.32 Å². The van der Waals surface area contributed by atoms with Gasteiger partial charge in [-0.05, 0) is 36.2 Å². The maximum absolute atomic E-state index is 13.7. The van der Waals surface area contributed by atoms with Crippen LogP contribution in [0.15, 0.2) is 42.5 Å². The van der Waals surface area contributed by atoms with Gasteiger partial charge in [0.15, 0.2) is 0 Å². The number of aryl methyl sites for hydroxylation is 1. The van der Waals surface area contributed by atoms with E-state index in [0.717, 1.165) is 16.9 Å². The molecule has 1 atom stereocenters. The first kappa shape index (κ1) is 14.3. The number of hydrogen-bond donors (Lipinski definition) is 2. The summed E-state index contributed by atoms with van der Waals surface area (Å²) in [6, 6.07) is 12.3. The third-order valence-electron chi connectivity index (χ3n) is 3.26. The molecule has 2 rings (SSSR count). The summed E-state index contributed by atoms with van der Waals surface area (Å²) in [5.41, 5.74) is 8.30. The van der Waals surface area contributed by atoms with Gasteiger partial charge in [-0.3, -0.25) is 0 Å². The fourth-order valence-electron chi connectivity index (χ4n) is 2.16. The number of methoxy groups -OCH3 is 1. The molecule has 20 heavy (non-hydrogen) atoms. The maximum atomic E-state index is 13.7. The van der Waals surface area contributed by atoms with Gasteiger partial charge >= 0.3 is 0 Å². The molecule has 0 heterocycles. The molecular formula is C16H19FN2O. The molecule has 2 aromatic rings. The molecule has 0 spiro atoms. The van der Waals surface area contributed by atoms with Crippen molar-refractivity contribution in [2.45, 2.75) is 13.0 Å². The molecule has 0 fully saturated rings. The van der Waals surface area contributed by atoms with Gasteiger partial charge in [0, 0.05) is 6.54 Å². The van der Waals surface area contributed by atoms with Crippen LogP contribution in [-0.4, -0.2) is 13.7 Å². The molecule has 0 bridgehead atoms. The summed E-state index contributed by atoms with van der Waals surface area (Å²) in [5.74, 6) is 0.548. The second kappa shape index (κ2) is 6.39. The number of nitrogens with one attached hydrogen (secondary N) is 1. The average Bonchev–Trinajstić information content (AvgIpc) is 2.46. The topological polar surface area (TPSA) is 47.3 Å². The lowest BCUT2D eigenvalue weighted by atomic mass is 10.0. The van der Waals surface area contributed by atoms with Crippen molar-refractivity contribution >= 4 is 5.69 Å². The maximum Gasteiger partial charge on any atom is 0.146 e. The Labute approximate surface area is 118 Å². The minimum Gasteiger partial charge on any atom is -0.496 e. The standard InChI is InChI=1S/C16H19FN2O/c1-11-9-12(7-8-16(11)20-2)15(10-18)19-14-6-4-3-5-13(14)17/h3-9,15,19H,10,18H2,1-2H3. The van der Waals surface area contributed by atoms with Crippen LogP contribution in [0, 0.1) is 12.7 Å². The van der Waals surface area contributed by atoms with E-state index in [4.69, 9.17) is 10.5 Å². The van der Waals surface area contributed by atoms with Crippen molar-refractivity contribution in [2.75, 3.05) is 19.0 Å². The highest BCUT2D eigenvalue weighted by Crippen LogP contribution is 2.25. The molecule has 2 aromatic carbocycles. The Balaban J connectivity index is 2.24. The zero-order chi connectivity index (χ0) is 14.5. The molecule has 0 aliphatic rings. The third-order valence-corrected chi connectivity index (χ3v) is 3.26. The van der Waals surface area contributed by atoms with Gasteiger partial charge in [0.1, 0.15) is 11.6 Å². The van der Waals surface area contributed by atoms with Crippen LogP contribution in [0.5, 0.6) is 5.75 Å². The van der Waals surface area contributed by atoms with E-state index < -0.39 is 0 Å². The number of anilines is 1. The van der Waals surface area contributed by atoms with Crippen LogP contribution in [-0.2, 0) is 0 Å². The SMILES string of the molecule is COc1ccc(C(CN)Nc2ccccc2F)cc1C. The number of hydrogen-bond acceptors (Lipinski definition) is 3. The summed E-state index contributed by atoms with van der Waals surface area (Å²) in [6.45, 7) is 2.35. The van der Waals surface area contributed by atoms with Crippen molar-refractivity contribution in [2.24, 2.45) is 5.73 Å². The molecule has 106 valence electrons. The van der Waals surface area contributed by atoms with Crippen molar-refractivity contribution < 1.29 is 9.13 Å². The molecule has 3 nitrogen and oxygen atoms in total. The van der Waals surface area contributed by atoms with Gasteiger partial charge in [0.25, 0.3) is 0 Å². The average molecular weight is 274 g/mol. The second-order valence-electron chi connectivity index (χ2n) is 4.64. The van der Waals surface area contributed by atoms with E-state index in [1.54, 1.807) is 25.3 Å². The number of ether oxygens (including phenoxy) is 1. The highest BCUT2D eigenvalue weighted by Gasteiger charge is 2.12. The smallest absolute Gasteiger partial charge is 0.146 e. The molecule has 3 N–H and O–H groups in total. The Morgan fingerprint density at radius 2 is 2.00 bits per heavy atom. The summed E-state index contributed by atoms with van der Waals surface area (Å²) in [7, 11) is 1.64. The zero-order valence-electron chi connectivity index (χ0n) is 11.7. The summed E-state index contributed by atoms with van der Waals surface area (Å²) in [4.78, 5) is 0. The molecule has 0 amide bonds. The van der Waals surface area contributed by atoms with Gasteiger partial charge < -0.3 is 15.8 Å². The van der Waals surface area contributed by atoms with Gasteiger partial charge in [-0.15, -0.1) is 0 Å².